The number of rotatable bonds is 3. The van der Waals surface area contributed by atoms with Crippen LogP contribution in [0, 0.1) is 12.8 Å². The lowest BCUT2D eigenvalue weighted by atomic mass is 10.0. The Morgan fingerprint density at radius 3 is 2.87 bits per heavy atom. The molecule has 1 aliphatic rings. The first kappa shape index (κ1) is 15.4. The predicted octanol–water partition coefficient (Wildman–Crippen LogP) is 1.80. The van der Waals surface area contributed by atoms with E-state index in [1.165, 1.54) is 6.26 Å². The Hall–Kier alpha value is -2.50. The minimum absolute atomic E-state index is 0.00232. The van der Waals surface area contributed by atoms with Gasteiger partial charge in [-0.2, -0.15) is 0 Å². The molecular formula is C17H21N3O3. The van der Waals surface area contributed by atoms with E-state index in [1.807, 2.05) is 23.2 Å². The fourth-order valence-electron chi connectivity index (χ4n) is 3.10. The zero-order chi connectivity index (χ0) is 16.4. The molecule has 6 heteroatoms. The van der Waals surface area contributed by atoms with Gasteiger partial charge in [0.2, 0.25) is 5.91 Å². The monoisotopic (exact) mass is 315 g/mol. The lowest BCUT2D eigenvalue weighted by Gasteiger charge is -2.23. The highest BCUT2D eigenvalue weighted by Gasteiger charge is 2.28. The number of hydrogen-bond donors (Lipinski definition) is 1. The summed E-state index contributed by atoms with van der Waals surface area (Å²) in [6.45, 7) is 3.62. The normalized spacial score (nSPS) is 17.5. The van der Waals surface area contributed by atoms with E-state index < -0.39 is 0 Å². The minimum Gasteiger partial charge on any atom is -0.469 e. The van der Waals surface area contributed by atoms with Gasteiger partial charge in [0.15, 0.2) is 0 Å². The number of nitrogens with zero attached hydrogens (tertiary/aromatic N) is 2. The first-order valence-electron chi connectivity index (χ1n) is 7.76. The SMILES string of the molecule is CNC(=O)C[C@@H]1CN(C(=O)c2ccoc2C)Cc2cccn2C1. The Labute approximate surface area is 135 Å². The second kappa shape index (κ2) is 6.32. The third-order valence-corrected chi connectivity index (χ3v) is 4.34. The number of fused-ring (bicyclic) bond motifs is 1. The largest absolute Gasteiger partial charge is 0.469 e. The molecule has 0 fully saturated rings. The van der Waals surface area contributed by atoms with Crippen LogP contribution in [-0.2, 0) is 17.9 Å². The van der Waals surface area contributed by atoms with Crippen molar-refractivity contribution in [2.75, 3.05) is 13.6 Å². The Kier molecular flexibility index (Phi) is 4.23. The first-order chi connectivity index (χ1) is 11.1. The molecular weight excluding hydrogens is 294 g/mol. The standard InChI is InChI=1S/C17H21N3O3/c1-12-15(5-7-23-12)17(22)20-10-13(8-16(21)18-2)9-19-6-3-4-14(19)11-20/h3-7,13H,8-11H2,1-2H3,(H,18,21)/t13-/m0/s1. The smallest absolute Gasteiger partial charge is 0.257 e. The average molecular weight is 315 g/mol. The van der Waals surface area contributed by atoms with Crippen LogP contribution >= 0.6 is 0 Å². The van der Waals surface area contributed by atoms with Gasteiger partial charge in [-0.3, -0.25) is 9.59 Å². The van der Waals surface area contributed by atoms with Crippen LogP contribution in [0.2, 0.25) is 0 Å². The molecule has 1 N–H and O–H groups in total. The molecule has 0 radical (unpaired) electrons. The van der Waals surface area contributed by atoms with Gasteiger partial charge in [-0.05, 0) is 25.1 Å². The summed E-state index contributed by atoms with van der Waals surface area (Å²) < 4.78 is 7.38. The first-order valence-corrected chi connectivity index (χ1v) is 7.76. The van der Waals surface area contributed by atoms with Gasteiger partial charge in [-0.15, -0.1) is 0 Å². The van der Waals surface area contributed by atoms with E-state index in [0.717, 1.165) is 12.2 Å². The Morgan fingerprint density at radius 1 is 1.35 bits per heavy atom. The maximum absolute atomic E-state index is 12.8. The van der Waals surface area contributed by atoms with E-state index in [1.54, 1.807) is 20.0 Å². The van der Waals surface area contributed by atoms with E-state index in [2.05, 4.69) is 9.88 Å². The van der Waals surface area contributed by atoms with Crippen LogP contribution in [0.15, 0.2) is 35.1 Å². The quantitative estimate of drug-likeness (QED) is 0.939. The van der Waals surface area contributed by atoms with Gasteiger partial charge in [-0.1, -0.05) is 0 Å². The summed E-state index contributed by atoms with van der Waals surface area (Å²) in [5.74, 6) is 0.655. The lowest BCUT2D eigenvalue weighted by molar-refractivity contribution is -0.121. The van der Waals surface area contributed by atoms with Crippen LogP contribution in [0.4, 0.5) is 0 Å². The zero-order valence-electron chi connectivity index (χ0n) is 13.4. The summed E-state index contributed by atoms with van der Waals surface area (Å²) in [4.78, 5) is 26.4. The number of carbonyl (C=O) groups is 2. The molecule has 6 nitrogen and oxygen atoms in total. The van der Waals surface area contributed by atoms with Gasteiger partial charge < -0.3 is 19.2 Å². The van der Waals surface area contributed by atoms with Gasteiger partial charge in [0, 0.05) is 44.4 Å². The Bertz CT molecular complexity index is 716. The number of aromatic nitrogens is 1. The number of furan rings is 1. The molecule has 122 valence electrons. The minimum atomic E-state index is -0.0483. The molecule has 0 bridgehead atoms. The molecule has 0 spiro atoms. The van der Waals surface area contributed by atoms with Crippen molar-refractivity contribution in [1.29, 1.82) is 0 Å². The fraction of sp³-hybridized carbons (Fsp3) is 0.412. The van der Waals surface area contributed by atoms with E-state index in [4.69, 9.17) is 4.42 Å². The third-order valence-electron chi connectivity index (χ3n) is 4.34. The van der Waals surface area contributed by atoms with Gasteiger partial charge in [-0.25, -0.2) is 0 Å². The van der Waals surface area contributed by atoms with E-state index in [9.17, 15) is 9.59 Å². The van der Waals surface area contributed by atoms with Gasteiger partial charge in [0.05, 0.1) is 18.4 Å². The van der Waals surface area contributed by atoms with Crippen molar-refractivity contribution in [2.24, 2.45) is 5.92 Å². The van der Waals surface area contributed by atoms with Crippen molar-refractivity contribution >= 4 is 11.8 Å². The van der Waals surface area contributed by atoms with Crippen molar-refractivity contribution in [3.8, 4) is 0 Å². The van der Waals surface area contributed by atoms with E-state index in [0.29, 0.717) is 30.8 Å². The maximum atomic E-state index is 12.8. The van der Waals surface area contributed by atoms with Crippen molar-refractivity contribution in [2.45, 2.75) is 26.4 Å². The molecule has 0 saturated heterocycles. The maximum Gasteiger partial charge on any atom is 0.257 e. The van der Waals surface area contributed by atoms with Gasteiger partial charge in [0.1, 0.15) is 5.76 Å². The van der Waals surface area contributed by atoms with Crippen LogP contribution in [0.25, 0.3) is 0 Å². The lowest BCUT2D eigenvalue weighted by Crippen LogP contribution is -2.35. The topological polar surface area (TPSA) is 67.5 Å². The molecule has 3 heterocycles. The zero-order valence-corrected chi connectivity index (χ0v) is 13.4. The van der Waals surface area contributed by atoms with E-state index >= 15 is 0 Å². The molecule has 0 unspecified atom stereocenters. The summed E-state index contributed by atoms with van der Waals surface area (Å²) in [7, 11) is 1.64. The third kappa shape index (κ3) is 3.16. The summed E-state index contributed by atoms with van der Waals surface area (Å²) >= 11 is 0. The number of amides is 2. The van der Waals surface area contributed by atoms with Crippen LogP contribution in [0.3, 0.4) is 0 Å². The molecule has 23 heavy (non-hydrogen) atoms. The average Bonchev–Trinajstić information content (AvgIpc) is 3.11. The summed E-state index contributed by atoms with van der Waals surface area (Å²) in [6, 6.07) is 5.70. The molecule has 2 amide bonds. The second-order valence-corrected chi connectivity index (χ2v) is 5.97. The van der Waals surface area contributed by atoms with Crippen molar-refractivity contribution in [3.05, 3.63) is 47.7 Å². The molecule has 2 aromatic heterocycles. The van der Waals surface area contributed by atoms with E-state index in [-0.39, 0.29) is 17.7 Å². The second-order valence-electron chi connectivity index (χ2n) is 5.97. The number of hydrogen-bond acceptors (Lipinski definition) is 3. The highest BCUT2D eigenvalue weighted by atomic mass is 16.3. The van der Waals surface area contributed by atoms with Crippen molar-refractivity contribution in [3.63, 3.8) is 0 Å². The summed E-state index contributed by atoms with van der Waals surface area (Å²) in [5.41, 5.74) is 1.67. The van der Waals surface area contributed by atoms with Crippen LogP contribution in [-0.4, -0.2) is 34.9 Å². The van der Waals surface area contributed by atoms with Crippen molar-refractivity contribution < 1.29 is 14.0 Å². The highest BCUT2D eigenvalue weighted by Crippen LogP contribution is 2.22. The molecule has 0 aromatic carbocycles. The van der Waals surface area contributed by atoms with Crippen LogP contribution in [0.1, 0.15) is 28.2 Å². The molecule has 3 rings (SSSR count). The predicted molar refractivity (Wildman–Crippen MR) is 84.8 cm³/mol. The summed E-state index contributed by atoms with van der Waals surface area (Å²) in [5, 5.41) is 2.66. The number of nitrogens with one attached hydrogen (secondary N) is 1. The number of carbonyl (C=O) groups excluding carboxylic acids is 2. The molecule has 0 aliphatic carbocycles. The summed E-state index contributed by atoms with van der Waals surface area (Å²) in [6.07, 6.45) is 3.94. The Balaban J connectivity index is 1.86. The molecule has 0 saturated carbocycles. The molecule has 2 aromatic rings. The van der Waals surface area contributed by atoms with Crippen molar-refractivity contribution in [1.82, 2.24) is 14.8 Å². The molecule has 1 aliphatic heterocycles. The number of aryl methyl sites for hydroxylation is 1. The fourth-order valence-corrected chi connectivity index (χ4v) is 3.10. The highest BCUT2D eigenvalue weighted by molar-refractivity contribution is 5.95. The Morgan fingerprint density at radius 2 is 2.17 bits per heavy atom. The van der Waals surface area contributed by atoms with Gasteiger partial charge >= 0.3 is 0 Å². The van der Waals surface area contributed by atoms with Gasteiger partial charge in [0.25, 0.3) is 5.91 Å². The van der Waals surface area contributed by atoms with Crippen LogP contribution < -0.4 is 5.32 Å². The van der Waals surface area contributed by atoms with Crippen LogP contribution in [0.5, 0.6) is 0 Å². The molecule has 1 atom stereocenters.